The summed E-state index contributed by atoms with van der Waals surface area (Å²) in [6.07, 6.45) is 7.75. The van der Waals surface area contributed by atoms with E-state index in [-0.39, 0.29) is 0 Å². The van der Waals surface area contributed by atoms with Gasteiger partial charge < -0.3 is 20.9 Å². The van der Waals surface area contributed by atoms with Crippen LogP contribution in [0.25, 0.3) is 0 Å². The predicted molar refractivity (Wildman–Crippen MR) is 106 cm³/mol. The fourth-order valence-corrected chi connectivity index (χ4v) is 3.87. The van der Waals surface area contributed by atoms with Gasteiger partial charge >= 0.3 is 0 Å². The molecule has 0 amide bonds. The molecule has 138 valence electrons. The molecule has 0 atom stereocenters. The Morgan fingerprint density at radius 3 is 2.42 bits per heavy atom. The molecule has 2 rings (SSSR count). The number of hydrogen-bond donors (Lipinski definition) is 3. The Balaban J connectivity index is 1.58. The first kappa shape index (κ1) is 19.9. The molecule has 1 aromatic heterocycles. The summed E-state index contributed by atoms with van der Waals surface area (Å²) in [5, 5.41) is 15.1. The Hall–Kier alpha value is -0.460. The lowest BCUT2D eigenvalue weighted by Gasteiger charge is -2.23. The third-order valence-electron chi connectivity index (χ3n) is 4.64. The van der Waals surface area contributed by atoms with Gasteiger partial charge in [-0.15, -0.1) is 0 Å². The standard InChI is InChI=1S/C19H36N4S/c1(2-6-19-7-17-24-18-19)3-14-23-15-5-10-21-12-11-20-8-4-9-22-13-16-23/h7,17-18,20-22H,1-6,8-16H2. The predicted octanol–water partition coefficient (Wildman–Crippen LogP) is 2.33. The van der Waals surface area contributed by atoms with Gasteiger partial charge in [0.15, 0.2) is 0 Å². The zero-order valence-corrected chi connectivity index (χ0v) is 16.0. The molecule has 0 unspecified atom stereocenters. The van der Waals surface area contributed by atoms with Gasteiger partial charge in [-0.2, -0.15) is 11.3 Å². The van der Waals surface area contributed by atoms with Crippen LogP contribution in [0.3, 0.4) is 0 Å². The summed E-state index contributed by atoms with van der Waals surface area (Å²) in [5.41, 5.74) is 1.52. The third-order valence-corrected chi connectivity index (χ3v) is 5.37. The summed E-state index contributed by atoms with van der Waals surface area (Å²) >= 11 is 1.82. The van der Waals surface area contributed by atoms with Crippen molar-refractivity contribution in [3.05, 3.63) is 22.4 Å². The molecule has 0 saturated carbocycles. The minimum atomic E-state index is 1.09. The molecule has 0 aliphatic carbocycles. The second-order valence-corrected chi connectivity index (χ2v) is 7.52. The first-order chi connectivity index (χ1) is 11.9. The molecular weight excluding hydrogens is 316 g/mol. The Labute approximate surface area is 152 Å². The van der Waals surface area contributed by atoms with E-state index in [1.54, 1.807) is 0 Å². The third kappa shape index (κ3) is 9.74. The molecular formula is C19H36N4S. The van der Waals surface area contributed by atoms with E-state index >= 15 is 0 Å². The smallest absolute Gasteiger partial charge is 0.0107 e. The van der Waals surface area contributed by atoms with Crippen LogP contribution in [0.1, 0.15) is 37.7 Å². The second kappa shape index (κ2) is 13.8. The molecule has 1 aliphatic rings. The number of aryl methyl sites for hydroxylation is 1. The maximum Gasteiger partial charge on any atom is 0.0107 e. The normalized spacial score (nSPS) is 19.8. The Morgan fingerprint density at radius 1 is 0.833 bits per heavy atom. The maximum absolute atomic E-state index is 3.59. The van der Waals surface area contributed by atoms with Crippen LogP contribution in [0.2, 0.25) is 0 Å². The molecule has 24 heavy (non-hydrogen) atoms. The molecule has 0 radical (unpaired) electrons. The number of thiophene rings is 1. The van der Waals surface area contributed by atoms with Crippen molar-refractivity contribution >= 4 is 11.3 Å². The highest BCUT2D eigenvalue weighted by Crippen LogP contribution is 2.10. The van der Waals surface area contributed by atoms with Crippen LogP contribution in [0.5, 0.6) is 0 Å². The molecule has 1 aliphatic heterocycles. The van der Waals surface area contributed by atoms with Gasteiger partial charge in [0, 0.05) is 26.2 Å². The minimum Gasteiger partial charge on any atom is -0.315 e. The van der Waals surface area contributed by atoms with Crippen LogP contribution in [0, 0.1) is 0 Å². The monoisotopic (exact) mass is 352 g/mol. The van der Waals surface area contributed by atoms with E-state index in [1.807, 2.05) is 11.3 Å². The fraction of sp³-hybridized carbons (Fsp3) is 0.789. The van der Waals surface area contributed by atoms with Gasteiger partial charge in [0.2, 0.25) is 0 Å². The van der Waals surface area contributed by atoms with Crippen LogP contribution in [-0.4, -0.2) is 63.8 Å². The highest BCUT2D eigenvalue weighted by atomic mass is 32.1. The highest BCUT2D eigenvalue weighted by molar-refractivity contribution is 7.07. The number of nitrogens with zero attached hydrogens (tertiary/aromatic N) is 1. The number of nitrogens with one attached hydrogen (secondary N) is 3. The van der Waals surface area contributed by atoms with E-state index in [1.165, 1.54) is 63.7 Å². The number of hydrogen-bond acceptors (Lipinski definition) is 5. The van der Waals surface area contributed by atoms with Crippen LogP contribution in [0.15, 0.2) is 16.8 Å². The molecule has 1 fully saturated rings. The zero-order valence-electron chi connectivity index (χ0n) is 15.2. The van der Waals surface area contributed by atoms with E-state index in [2.05, 4.69) is 37.7 Å². The molecule has 1 aromatic rings. The van der Waals surface area contributed by atoms with E-state index < -0.39 is 0 Å². The SMILES string of the molecule is c1cc(CCCCCN2CCCNCCNCCCNCC2)cs1. The number of unbranched alkanes of at least 4 members (excludes halogenated alkanes) is 2. The average molecular weight is 353 g/mol. The van der Waals surface area contributed by atoms with Crippen molar-refractivity contribution in [1.29, 1.82) is 0 Å². The molecule has 3 N–H and O–H groups in total. The summed E-state index contributed by atoms with van der Waals surface area (Å²) in [7, 11) is 0. The van der Waals surface area contributed by atoms with Gasteiger partial charge in [-0.25, -0.2) is 0 Å². The zero-order chi connectivity index (χ0) is 16.7. The van der Waals surface area contributed by atoms with E-state index in [9.17, 15) is 0 Å². The van der Waals surface area contributed by atoms with Crippen molar-refractivity contribution in [2.45, 2.75) is 38.5 Å². The average Bonchev–Trinajstić information content (AvgIpc) is 3.11. The van der Waals surface area contributed by atoms with E-state index in [0.29, 0.717) is 0 Å². The van der Waals surface area contributed by atoms with Gasteiger partial charge in [-0.1, -0.05) is 6.42 Å². The topological polar surface area (TPSA) is 39.3 Å². The molecule has 4 nitrogen and oxygen atoms in total. The Morgan fingerprint density at radius 2 is 1.62 bits per heavy atom. The van der Waals surface area contributed by atoms with E-state index in [0.717, 1.165) is 39.3 Å². The fourth-order valence-electron chi connectivity index (χ4n) is 3.17. The minimum absolute atomic E-state index is 1.09. The van der Waals surface area contributed by atoms with Gasteiger partial charge in [0.1, 0.15) is 0 Å². The summed E-state index contributed by atoms with van der Waals surface area (Å²) in [4.78, 5) is 2.66. The Bertz CT molecular complexity index is 369. The van der Waals surface area contributed by atoms with Gasteiger partial charge in [0.05, 0.1) is 0 Å². The second-order valence-electron chi connectivity index (χ2n) is 6.74. The molecule has 1 saturated heterocycles. The Kier molecular flexibility index (Phi) is 11.4. The van der Waals surface area contributed by atoms with Crippen molar-refractivity contribution in [1.82, 2.24) is 20.9 Å². The van der Waals surface area contributed by atoms with Gasteiger partial charge in [-0.3, -0.25) is 0 Å². The highest BCUT2D eigenvalue weighted by Gasteiger charge is 2.05. The maximum atomic E-state index is 3.59. The summed E-state index contributed by atoms with van der Waals surface area (Å²) < 4.78 is 0. The lowest BCUT2D eigenvalue weighted by molar-refractivity contribution is 0.262. The first-order valence-electron chi connectivity index (χ1n) is 9.81. The van der Waals surface area contributed by atoms with Crippen LogP contribution in [-0.2, 0) is 6.42 Å². The molecule has 0 bridgehead atoms. The lowest BCUT2D eigenvalue weighted by Crippen LogP contribution is -2.37. The molecule has 0 aromatic carbocycles. The largest absolute Gasteiger partial charge is 0.315 e. The van der Waals surface area contributed by atoms with E-state index in [4.69, 9.17) is 0 Å². The van der Waals surface area contributed by atoms with Crippen LogP contribution < -0.4 is 16.0 Å². The summed E-state index contributed by atoms with van der Waals surface area (Å²) in [6.45, 7) is 10.4. The summed E-state index contributed by atoms with van der Waals surface area (Å²) in [5.74, 6) is 0. The van der Waals surface area contributed by atoms with Crippen molar-refractivity contribution in [3.8, 4) is 0 Å². The van der Waals surface area contributed by atoms with Crippen molar-refractivity contribution < 1.29 is 0 Å². The van der Waals surface area contributed by atoms with Crippen molar-refractivity contribution in [2.75, 3.05) is 58.9 Å². The summed E-state index contributed by atoms with van der Waals surface area (Å²) in [6, 6.07) is 2.26. The van der Waals surface area contributed by atoms with Crippen molar-refractivity contribution in [3.63, 3.8) is 0 Å². The van der Waals surface area contributed by atoms with Gasteiger partial charge in [0.25, 0.3) is 0 Å². The molecule has 0 spiro atoms. The van der Waals surface area contributed by atoms with Crippen LogP contribution in [0.4, 0.5) is 0 Å². The van der Waals surface area contributed by atoms with Crippen molar-refractivity contribution in [2.24, 2.45) is 0 Å². The first-order valence-corrected chi connectivity index (χ1v) is 10.7. The molecule has 5 heteroatoms. The quantitative estimate of drug-likeness (QED) is 0.687. The number of rotatable bonds is 6. The molecule has 2 heterocycles. The van der Waals surface area contributed by atoms with Gasteiger partial charge in [-0.05, 0) is 87.2 Å². The lowest BCUT2D eigenvalue weighted by atomic mass is 10.1. The van der Waals surface area contributed by atoms with Crippen LogP contribution >= 0.6 is 11.3 Å².